The van der Waals surface area contributed by atoms with E-state index in [1.165, 1.54) is 0 Å². The topological polar surface area (TPSA) is 63.8 Å². The highest BCUT2D eigenvalue weighted by molar-refractivity contribution is 8.07. The van der Waals surface area contributed by atoms with E-state index in [1.807, 2.05) is 0 Å². The first-order valence-corrected chi connectivity index (χ1v) is 6.60. The van der Waals surface area contributed by atoms with Gasteiger partial charge in [0.25, 0.3) is 0 Å². The van der Waals surface area contributed by atoms with Crippen LogP contribution in [0.25, 0.3) is 0 Å². The van der Waals surface area contributed by atoms with Crippen molar-refractivity contribution in [3.8, 4) is 0 Å². The van der Waals surface area contributed by atoms with Gasteiger partial charge < -0.3 is 23.4 Å². The van der Waals surface area contributed by atoms with Gasteiger partial charge in [0.05, 0.1) is 26.4 Å². The van der Waals surface area contributed by atoms with Gasteiger partial charge in [0.1, 0.15) is 12.2 Å². The Labute approximate surface area is 81.2 Å². The fourth-order valence-electron chi connectivity index (χ4n) is 0.720. The van der Waals surface area contributed by atoms with Crippen LogP contribution in [0, 0.1) is 0 Å². The van der Waals surface area contributed by atoms with E-state index in [4.69, 9.17) is 30.3 Å². The Morgan fingerprint density at radius 3 is 1.92 bits per heavy atom. The van der Waals surface area contributed by atoms with Crippen LogP contribution >= 0.6 is 6.72 Å². The highest BCUT2D eigenvalue weighted by Crippen LogP contribution is 2.44. The molecule has 2 heterocycles. The van der Waals surface area contributed by atoms with Crippen molar-refractivity contribution < 1.29 is 23.4 Å². The molecule has 0 radical (unpaired) electrons. The van der Waals surface area contributed by atoms with Crippen molar-refractivity contribution in [3.63, 3.8) is 0 Å². The Morgan fingerprint density at radius 1 is 1.23 bits per heavy atom. The molecule has 2 saturated heterocycles. The minimum Gasteiger partial charge on any atom is -0.371 e. The summed E-state index contributed by atoms with van der Waals surface area (Å²) >= 11 is 4.75. The van der Waals surface area contributed by atoms with Crippen molar-refractivity contribution in [2.24, 2.45) is 0 Å². The summed E-state index contributed by atoms with van der Waals surface area (Å²) in [6.07, 6.45) is 0.186. The molecule has 2 unspecified atom stereocenters. The minimum absolute atomic E-state index is 0.0928. The summed E-state index contributed by atoms with van der Waals surface area (Å²) in [7, 11) is 0. The number of hydrogen-bond acceptors (Lipinski definition) is 5. The normalized spacial score (nSPS) is 35.5. The number of ether oxygens (including phenoxy) is 2. The van der Waals surface area contributed by atoms with E-state index in [0.717, 1.165) is 0 Å². The van der Waals surface area contributed by atoms with Crippen LogP contribution in [0.2, 0.25) is 0 Å². The van der Waals surface area contributed by atoms with Crippen LogP contribution in [0.4, 0.5) is 0 Å². The Bertz CT molecular complexity index is 207. The van der Waals surface area contributed by atoms with E-state index in [9.17, 15) is 4.89 Å². The lowest BCUT2D eigenvalue weighted by Crippen LogP contribution is -2.05. The summed E-state index contributed by atoms with van der Waals surface area (Å²) in [4.78, 5) is 9.44. The largest absolute Gasteiger partial charge is 0.371 e. The van der Waals surface area contributed by atoms with Crippen molar-refractivity contribution in [1.29, 1.82) is 0 Å². The SMILES string of the molecule is OP(=S)(OCC1CO1)OCC1CO1. The molecule has 0 aromatic rings. The lowest BCUT2D eigenvalue weighted by atomic mass is 10.5. The van der Waals surface area contributed by atoms with Gasteiger partial charge in [-0.15, -0.1) is 0 Å². The Morgan fingerprint density at radius 2 is 1.62 bits per heavy atom. The van der Waals surface area contributed by atoms with E-state index in [0.29, 0.717) is 26.4 Å². The molecular weight excluding hydrogens is 215 g/mol. The van der Waals surface area contributed by atoms with Crippen LogP contribution in [0.5, 0.6) is 0 Å². The lowest BCUT2D eigenvalue weighted by molar-refractivity contribution is 0.171. The third-order valence-corrected chi connectivity index (χ3v) is 3.24. The van der Waals surface area contributed by atoms with Crippen LogP contribution < -0.4 is 0 Å². The molecule has 2 aliphatic rings. The molecule has 0 aromatic carbocycles. The molecule has 13 heavy (non-hydrogen) atoms. The molecule has 0 aromatic heterocycles. The smallest absolute Gasteiger partial charge is 0.324 e. The predicted octanol–water partition coefficient (Wildman–Crippen LogP) is 0.0340. The minimum atomic E-state index is -3.05. The monoisotopic (exact) mass is 226 g/mol. The van der Waals surface area contributed by atoms with Crippen LogP contribution in [-0.2, 0) is 30.3 Å². The van der Waals surface area contributed by atoms with Gasteiger partial charge in [-0.25, -0.2) is 0 Å². The fourth-order valence-corrected chi connectivity index (χ4v) is 1.87. The molecule has 76 valence electrons. The van der Waals surface area contributed by atoms with E-state index >= 15 is 0 Å². The van der Waals surface area contributed by atoms with E-state index in [1.54, 1.807) is 0 Å². The maximum absolute atomic E-state index is 9.44. The van der Waals surface area contributed by atoms with Crippen LogP contribution in [0.1, 0.15) is 0 Å². The van der Waals surface area contributed by atoms with Crippen LogP contribution in [-0.4, -0.2) is 43.5 Å². The molecule has 2 rings (SSSR count). The molecule has 5 nitrogen and oxygen atoms in total. The maximum atomic E-state index is 9.44. The average Bonchev–Trinajstić information content (AvgIpc) is 2.92. The van der Waals surface area contributed by atoms with Crippen molar-refractivity contribution in [3.05, 3.63) is 0 Å². The lowest BCUT2D eigenvalue weighted by Gasteiger charge is -2.13. The molecule has 0 saturated carbocycles. The molecule has 0 spiro atoms. The standard InChI is InChI=1S/C6H11O5PS/c7-12(13,10-3-5-1-8-5)11-4-6-2-9-6/h5-6H,1-4H2,(H,7,13). The van der Waals surface area contributed by atoms with Crippen molar-refractivity contribution >= 4 is 18.5 Å². The third kappa shape index (κ3) is 3.99. The van der Waals surface area contributed by atoms with Gasteiger partial charge in [-0.05, 0) is 11.8 Å². The first-order chi connectivity index (χ1) is 6.16. The van der Waals surface area contributed by atoms with E-state index in [2.05, 4.69) is 0 Å². The number of hydrogen-bond donors (Lipinski definition) is 1. The second-order valence-electron chi connectivity index (χ2n) is 2.97. The molecule has 0 amide bonds. The number of rotatable bonds is 6. The van der Waals surface area contributed by atoms with Gasteiger partial charge in [-0.3, -0.25) is 0 Å². The predicted molar refractivity (Wildman–Crippen MR) is 47.9 cm³/mol. The quantitative estimate of drug-likeness (QED) is 0.509. The molecule has 0 aliphatic carbocycles. The summed E-state index contributed by atoms with van der Waals surface area (Å²) in [5.74, 6) is 0. The summed E-state index contributed by atoms with van der Waals surface area (Å²) in [5, 5.41) is 0. The molecule has 0 bridgehead atoms. The third-order valence-electron chi connectivity index (χ3n) is 1.65. The maximum Gasteiger partial charge on any atom is 0.324 e. The molecule has 2 aliphatic heterocycles. The molecule has 2 fully saturated rings. The second kappa shape index (κ2) is 3.90. The molecular formula is C6H11O5PS. The van der Waals surface area contributed by atoms with Gasteiger partial charge >= 0.3 is 6.72 Å². The van der Waals surface area contributed by atoms with Crippen molar-refractivity contribution in [2.75, 3.05) is 26.4 Å². The Balaban J connectivity index is 1.63. The van der Waals surface area contributed by atoms with Crippen LogP contribution in [0.3, 0.4) is 0 Å². The van der Waals surface area contributed by atoms with Gasteiger partial charge in [-0.1, -0.05) is 0 Å². The Kier molecular flexibility index (Phi) is 3.00. The van der Waals surface area contributed by atoms with Gasteiger partial charge in [-0.2, -0.15) is 0 Å². The zero-order chi connectivity index (χ0) is 9.31. The fraction of sp³-hybridized carbons (Fsp3) is 1.00. The molecule has 7 heteroatoms. The summed E-state index contributed by atoms with van der Waals surface area (Å²) in [5.41, 5.74) is 0. The van der Waals surface area contributed by atoms with Gasteiger partial charge in [0, 0.05) is 0 Å². The summed E-state index contributed by atoms with van der Waals surface area (Å²) < 4.78 is 19.8. The van der Waals surface area contributed by atoms with Crippen LogP contribution in [0.15, 0.2) is 0 Å². The molecule has 2 atom stereocenters. The Hall–Kier alpha value is 0.450. The van der Waals surface area contributed by atoms with Crippen molar-refractivity contribution in [2.45, 2.75) is 12.2 Å². The summed E-state index contributed by atoms with van der Waals surface area (Å²) in [6.45, 7) is -1.05. The van der Waals surface area contributed by atoms with E-state index in [-0.39, 0.29) is 12.2 Å². The highest BCUT2D eigenvalue weighted by atomic mass is 32.5. The van der Waals surface area contributed by atoms with Crippen molar-refractivity contribution in [1.82, 2.24) is 0 Å². The first kappa shape index (κ1) is 9.98. The number of epoxide rings is 2. The zero-order valence-corrected chi connectivity index (χ0v) is 8.63. The summed E-state index contributed by atoms with van der Waals surface area (Å²) in [6, 6.07) is 0. The average molecular weight is 226 g/mol. The van der Waals surface area contributed by atoms with Gasteiger partial charge in [0.15, 0.2) is 0 Å². The second-order valence-corrected chi connectivity index (χ2v) is 5.81. The first-order valence-electron chi connectivity index (χ1n) is 4.01. The van der Waals surface area contributed by atoms with Gasteiger partial charge in [0.2, 0.25) is 0 Å². The highest BCUT2D eigenvalue weighted by Gasteiger charge is 2.29. The zero-order valence-electron chi connectivity index (χ0n) is 6.92. The van der Waals surface area contributed by atoms with E-state index < -0.39 is 6.72 Å². The molecule has 1 N–H and O–H groups in total.